The van der Waals surface area contributed by atoms with Crippen molar-refractivity contribution in [3.8, 4) is 11.3 Å². The van der Waals surface area contributed by atoms with E-state index in [1.165, 1.54) is 0 Å². The van der Waals surface area contributed by atoms with Gasteiger partial charge >= 0.3 is 0 Å². The number of nitrogens with one attached hydrogen (secondary N) is 3. The van der Waals surface area contributed by atoms with Crippen LogP contribution in [0.3, 0.4) is 0 Å². The molecule has 1 heterocycles. The van der Waals surface area contributed by atoms with Crippen LogP contribution in [0.5, 0.6) is 0 Å². The molecule has 31 heavy (non-hydrogen) atoms. The molecule has 0 aliphatic carbocycles. The molecule has 0 fully saturated rings. The van der Waals surface area contributed by atoms with Crippen LogP contribution in [-0.2, 0) is 11.2 Å². The number of rotatable bonds is 7. The Hall–Kier alpha value is -4.19. The molecule has 6 heteroatoms. The van der Waals surface area contributed by atoms with Gasteiger partial charge in [0.1, 0.15) is 17.6 Å². The summed E-state index contributed by atoms with van der Waals surface area (Å²) in [6.45, 7) is 0. The molecule has 4 rings (SSSR count). The minimum absolute atomic E-state index is 0.0103. The van der Waals surface area contributed by atoms with E-state index in [1.54, 1.807) is 30.5 Å². The third-order valence-electron chi connectivity index (χ3n) is 5.07. The van der Waals surface area contributed by atoms with Gasteiger partial charge in [-0.05, 0) is 41.8 Å². The van der Waals surface area contributed by atoms with E-state index in [4.69, 9.17) is 11.1 Å². The third-order valence-corrected chi connectivity index (χ3v) is 5.07. The molecule has 0 aliphatic rings. The van der Waals surface area contributed by atoms with E-state index in [2.05, 4.69) is 15.3 Å². The van der Waals surface area contributed by atoms with Crippen LogP contribution >= 0.6 is 0 Å². The molecule has 0 saturated heterocycles. The second-order valence-electron chi connectivity index (χ2n) is 7.27. The number of anilines is 1. The van der Waals surface area contributed by atoms with Crippen LogP contribution in [0.15, 0.2) is 91.1 Å². The van der Waals surface area contributed by atoms with Crippen molar-refractivity contribution < 1.29 is 4.79 Å². The highest BCUT2D eigenvalue weighted by Gasteiger charge is 2.24. The van der Waals surface area contributed by atoms with E-state index in [0.29, 0.717) is 23.5 Å². The number of H-pyrrole nitrogens is 1. The SMILES string of the molecule is N=C(N)c1ccc(NC(=O)C(Cc2ccccc2)c2ncc(-c3ccccc3)[nH]2)cc1. The Morgan fingerprint density at radius 3 is 2.26 bits per heavy atom. The summed E-state index contributed by atoms with van der Waals surface area (Å²) in [6, 6.07) is 26.7. The van der Waals surface area contributed by atoms with Gasteiger partial charge in [-0.1, -0.05) is 60.7 Å². The van der Waals surface area contributed by atoms with Gasteiger partial charge in [0.05, 0.1) is 11.9 Å². The van der Waals surface area contributed by atoms with Gasteiger partial charge in [0.15, 0.2) is 0 Å². The van der Waals surface area contributed by atoms with Crippen molar-refractivity contribution >= 4 is 17.4 Å². The largest absolute Gasteiger partial charge is 0.384 e. The fourth-order valence-corrected chi connectivity index (χ4v) is 3.40. The highest BCUT2D eigenvalue weighted by atomic mass is 16.1. The van der Waals surface area contributed by atoms with Gasteiger partial charge in [0.2, 0.25) is 5.91 Å². The van der Waals surface area contributed by atoms with Crippen LogP contribution in [0.2, 0.25) is 0 Å². The minimum atomic E-state index is -0.493. The van der Waals surface area contributed by atoms with E-state index >= 15 is 0 Å². The van der Waals surface area contributed by atoms with Gasteiger partial charge in [0.25, 0.3) is 0 Å². The summed E-state index contributed by atoms with van der Waals surface area (Å²) >= 11 is 0. The number of amidine groups is 1. The molecule has 0 saturated carbocycles. The molecule has 5 N–H and O–H groups in total. The van der Waals surface area contributed by atoms with E-state index < -0.39 is 5.92 Å². The molecule has 1 atom stereocenters. The summed E-state index contributed by atoms with van der Waals surface area (Å²) in [5.74, 6) is -0.0508. The smallest absolute Gasteiger partial charge is 0.235 e. The van der Waals surface area contributed by atoms with Crippen molar-refractivity contribution in [1.29, 1.82) is 5.41 Å². The molecule has 1 unspecified atom stereocenters. The maximum atomic E-state index is 13.2. The zero-order valence-corrected chi connectivity index (χ0v) is 16.9. The van der Waals surface area contributed by atoms with Gasteiger partial charge in [-0.15, -0.1) is 0 Å². The van der Waals surface area contributed by atoms with E-state index in [-0.39, 0.29) is 11.7 Å². The predicted octanol–water partition coefficient (Wildman–Crippen LogP) is 4.33. The van der Waals surface area contributed by atoms with Crippen LogP contribution in [0.25, 0.3) is 11.3 Å². The number of nitrogens with two attached hydrogens (primary N) is 1. The number of imidazole rings is 1. The number of carbonyl (C=O) groups is 1. The lowest BCUT2D eigenvalue weighted by Gasteiger charge is -2.15. The molecule has 0 aliphatic heterocycles. The summed E-state index contributed by atoms with van der Waals surface area (Å²) in [5, 5.41) is 10.5. The highest BCUT2D eigenvalue weighted by molar-refractivity contribution is 5.98. The number of nitrogen functional groups attached to an aromatic ring is 1. The van der Waals surface area contributed by atoms with Crippen molar-refractivity contribution in [2.24, 2.45) is 5.73 Å². The first-order chi connectivity index (χ1) is 15.1. The maximum Gasteiger partial charge on any atom is 0.235 e. The van der Waals surface area contributed by atoms with Crippen molar-refractivity contribution in [2.75, 3.05) is 5.32 Å². The molecule has 154 valence electrons. The van der Waals surface area contributed by atoms with Crippen molar-refractivity contribution in [2.45, 2.75) is 12.3 Å². The Bertz CT molecular complexity index is 1170. The lowest BCUT2D eigenvalue weighted by atomic mass is 9.97. The maximum absolute atomic E-state index is 13.2. The van der Waals surface area contributed by atoms with Crippen LogP contribution in [0, 0.1) is 5.41 Å². The van der Waals surface area contributed by atoms with Crippen LogP contribution in [-0.4, -0.2) is 21.7 Å². The summed E-state index contributed by atoms with van der Waals surface area (Å²) < 4.78 is 0. The predicted molar refractivity (Wildman–Crippen MR) is 123 cm³/mol. The zero-order valence-electron chi connectivity index (χ0n) is 16.9. The van der Waals surface area contributed by atoms with Gasteiger partial charge in [-0.2, -0.15) is 0 Å². The molecule has 0 radical (unpaired) electrons. The summed E-state index contributed by atoms with van der Waals surface area (Å²) in [6.07, 6.45) is 2.28. The van der Waals surface area contributed by atoms with Gasteiger partial charge in [-0.3, -0.25) is 10.2 Å². The van der Waals surface area contributed by atoms with E-state index in [1.807, 2.05) is 60.7 Å². The van der Waals surface area contributed by atoms with Crippen LogP contribution in [0.4, 0.5) is 5.69 Å². The number of benzene rings is 3. The first-order valence-electron chi connectivity index (χ1n) is 10.00. The zero-order chi connectivity index (χ0) is 21.6. The fourth-order valence-electron chi connectivity index (χ4n) is 3.40. The highest BCUT2D eigenvalue weighted by Crippen LogP contribution is 2.24. The second kappa shape index (κ2) is 9.09. The lowest BCUT2D eigenvalue weighted by molar-refractivity contribution is -0.117. The summed E-state index contributed by atoms with van der Waals surface area (Å²) in [7, 11) is 0. The second-order valence-corrected chi connectivity index (χ2v) is 7.27. The Morgan fingerprint density at radius 2 is 1.61 bits per heavy atom. The normalized spacial score (nSPS) is 11.6. The number of aromatic amines is 1. The molecular weight excluding hydrogens is 386 g/mol. The van der Waals surface area contributed by atoms with Crippen molar-refractivity contribution in [3.63, 3.8) is 0 Å². The number of aromatic nitrogens is 2. The lowest BCUT2D eigenvalue weighted by Crippen LogP contribution is -2.24. The number of nitrogens with zero attached hydrogens (tertiary/aromatic N) is 1. The molecule has 0 bridgehead atoms. The molecule has 3 aromatic carbocycles. The van der Waals surface area contributed by atoms with Crippen LogP contribution < -0.4 is 11.1 Å². The Balaban J connectivity index is 1.60. The third kappa shape index (κ3) is 4.87. The first kappa shape index (κ1) is 20.1. The Morgan fingerprint density at radius 1 is 0.968 bits per heavy atom. The quantitative estimate of drug-likeness (QED) is 0.270. The average molecular weight is 409 g/mol. The molecule has 0 spiro atoms. The van der Waals surface area contributed by atoms with Crippen molar-refractivity contribution in [1.82, 2.24) is 9.97 Å². The molecular formula is C25H23N5O. The van der Waals surface area contributed by atoms with E-state index in [9.17, 15) is 4.79 Å². The monoisotopic (exact) mass is 409 g/mol. The molecule has 6 nitrogen and oxygen atoms in total. The molecule has 1 aromatic heterocycles. The number of hydrogen-bond donors (Lipinski definition) is 4. The average Bonchev–Trinajstić information content (AvgIpc) is 3.29. The Labute approximate surface area is 180 Å². The first-order valence-corrected chi connectivity index (χ1v) is 10.00. The Kier molecular flexibility index (Phi) is 5.89. The standard InChI is InChI=1S/C25H23N5O/c26-23(27)19-11-13-20(14-12-19)29-25(31)21(15-17-7-3-1-4-8-17)24-28-16-22(30-24)18-9-5-2-6-10-18/h1-14,16,21H,15H2,(H3,26,27)(H,28,30)(H,29,31). The summed E-state index contributed by atoms with van der Waals surface area (Å²) in [4.78, 5) is 21.1. The van der Waals surface area contributed by atoms with Crippen molar-refractivity contribution in [3.05, 3.63) is 108 Å². The van der Waals surface area contributed by atoms with Gasteiger partial charge in [0, 0.05) is 11.3 Å². The minimum Gasteiger partial charge on any atom is -0.384 e. The molecule has 1 amide bonds. The van der Waals surface area contributed by atoms with Gasteiger partial charge in [-0.25, -0.2) is 4.98 Å². The van der Waals surface area contributed by atoms with E-state index in [0.717, 1.165) is 16.8 Å². The fraction of sp³-hybridized carbons (Fsp3) is 0.0800. The molecule has 4 aromatic rings. The topological polar surface area (TPSA) is 108 Å². The van der Waals surface area contributed by atoms with Crippen LogP contribution in [0.1, 0.15) is 22.9 Å². The number of amides is 1. The van der Waals surface area contributed by atoms with Gasteiger partial charge < -0.3 is 16.0 Å². The summed E-state index contributed by atoms with van der Waals surface area (Å²) in [5.41, 5.74) is 9.69. The number of hydrogen-bond acceptors (Lipinski definition) is 3. The number of carbonyl (C=O) groups excluding carboxylic acids is 1.